The number of anilines is 1. The molecule has 2 rings (SSSR count). The van der Waals surface area contributed by atoms with Crippen molar-refractivity contribution in [3.8, 4) is 0 Å². The average Bonchev–Trinajstić information content (AvgIpc) is 2.31. The Morgan fingerprint density at radius 3 is 2.42 bits per heavy atom. The summed E-state index contributed by atoms with van der Waals surface area (Å²) in [4.78, 5) is 15.7. The molecule has 0 saturated carbocycles. The molecule has 1 aromatic heterocycles. The molecule has 7 heteroatoms. The first-order chi connectivity index (χ1) is 8.95. The van der Waals surface area contributed by atoms with Gasteiger partial charge in [0.1, 0.15) is 16.1 Å². The zero-order chi connectivity index (χ0) is 14.0. The second-order valence-corrected chi connectivity index (χ2v) is 5.21. The van der Waals surface area contributed by atoms with Crippen molar-refractivity contribution in [1.29, 1.82) is 0 Å². The molecule has 3 nitrogen and oxygen atoms in total. The van der Waals surface area contributed by atoms with Gasteiger partial charge < -0.3 is 5.32 Å². The summed E-state index contributed by atoms with van der Waals surface area (Å²) in [6.45, 7) is 0. The zero-order valence-corrected chi connectivity index (χ0v) is 12.4. The lowest BCUT2D eigenvalue weighted by molar-refractivity contribution is 0.102. The van der Waals surface area contributed by atoms with Crippen molar-refractivity contribution in [2.75, 3.05) is 5.32 Å². The number of aromatic nitrogens is 1. The van der Waals surface area contributed by atoms with Gasteiger partial charge >= 0.3 is 0 Å². The highest BCUT2D eigenvalue weighted by Gasteiger charge is 2.11. The van der Waals surface area contributed by atoms with Gasteiger partial charge in [0, 0.05) is 10.0 Å². The number of benzene rings is 1. The van der Waals surface area contributed by atoms with Gasteiger partial charge in [-0.05, 0) is 46.3 Å². The first-order valence-corrected chi connectivity index (χ1v) is 6.60. The van der Waals surface area contributed by atoms with Crippen molar-refractivity contribution in [1.82, 2.24) is 4.98 Å². The summed E-state index contributed by atoms with van der Waals surface area (Å²) in [6.07, 6.45) is 0. The van der Waals surface area contributed by atoms with E-state index in [4.69, 9.17) is 23.2 Å². The van der Waals surface area contributed by atoms with Crippen LogP contribution in [0.4, 0.5) is 10.1 Å². The van der Waals surface area contributed by atoms with Gasteiger partial charge in [0.2, 0.25) is 0 Å². The van der Waals surface area contributed by atoms with Gasteiger partial charge in [0.15, 0.2) is 0 Å². The van der Waals surface area contributed by atoms with Gasteiger partial charge in [-0.3, -0.25) is 4.79 Å². The molecule has 0 aliphatic rings. The molecule has 1 amide bonds. The SMILES string of the molecule is O=C(Nc1ccc(F)cc1Br)c1cc(Cl)nc(Cl)c1. The Morgan fingerprint density at radius 1 is 1.21 bits per heavy atom. The highest BCUT2D eigenvalue weighted by atomic mass is 79.9. The highest BCUT2D eigenvalue weighted by molar-refractivity contribution is 9.10. The Morgan fingerprint density at radius 2 is 1.84 bits per heavy atom. The molecule has 0 bridgehead atoms. The standard InChI is InChI=1S/C12H6BrCl2FN2O/c13-8-5-7(16)1-2-9(8)17-12(19)6-3-10(14)18-11(15)4-6/h1-5H,(H,17,19). The maximum atomic E-state index is 12.9. The van der Waals surface area contributed by atoms with Crippen LogP contribution in [-0.4, -0.2) is 10.9 Å². The third-order valence-corrected chi connectivity index (χ3v) is 3.25. The van der Waals surface area contributed by atoms with E-state index in [2.05, 4.69) is 26.2 Å². The van der Waals surface area contributed by atoms with E-state index in [0.717, 1.165) is 0 Å². The summed E-state index contributed by atoms with van der Waals surface area (Å²) < 4.78 is 13.4. The zero-order valence-electron chi connectivity index (χ0n) is 9.25. The van der Waals surface area contributed by atoms with Gasteiger partial charge in [0.25, 0.3) is 5.91 Å². The lowest BCUT2D eigenvalue weighted by atomic mass is 10.2. The predicted molar refractivity (Wildman–Crippen MR) is 76.3 cm³/mol. The molecular formula is C12H6BrCl2FN2O. The first kappa shape index (κ1) is 14.2. The molecule has 0 unspecified atom stereocenters. The fourth-order valence-corrected chi connectivity index (χ4v) is 2.29. The van der Waals surface area contributed by atoms with Crippen LogP contribution < -0.4 is 5.32 Å². The smallest absolute Gasteiger partial charge is 0.255 e. The van der Waals surface area contributed by atoms with Crippen molar-refractivity contribution in [3.05, 3.63) is 56.5 Å². The van der Waals surface area contributed by atoms with E-state index in [9.17, 15) is 9.18 Å². The third-order valence-electron chi connectivity index (χ3n) is 2.20. The number of carbonyl (C=O) groups excluding carboxylic acids is 1. The number of hydrogen-bond acceptors (Lipinski definition) is 2. The maximum Gasteiger partial charge on any atom is 0.255 e. The van der Waals surface area contributed by atoms with Crippen LogP contribution in [-0.2, 0) is 0 Å². The van der Waals surface area contributed by atoms with Gasteiger partial charge in [-0.2, -0.15) is 0 Å². The summed E-state index contributed by atoms with van der Waals surface area (Å²) in [5.74, 6) is -0.821. The molecule has 0 aliphatic carbocycles. The van der Waals surface area contributed by atoms with Crippen LogP contribution in [0.15, 0.2) is 34.8 Å². The largest absolute Gasteiger partial charge is 0.321 e. The summed E-state index contributed by atoms with van der Waals surface area (Å²) in [5.41, 5.74) is 0.705. The van der Waals surface area contributed by atoms with E-state index in [1.807, 2.05) is 0 Å². The lowest BCUT2D eigenvalue weighted by Crippen LogP contribution is -2.12. The van der Waals surface area contributed by atoms with Crippen molar-refractivity contribution in [2.24, 2.45) is 0 Å². The molecule has 0 radical (unpaired) electrons. The van der Waals surface area contributed by atoms with Crippen LogP contribution in [0.2, 0.25) is 10.3 Å². The number of nitrogens with zero attached hydrogens (tertiary/aromatic N) is 1. The number of carbonyl (C=O) groups is 1. The normalized spacial score (nSPS) is 10.3. The maximum absolute atomic E-state index is 12.9. The number of pyridine rings is 1. The molecule has 0 spiro atoms. The number of rotatable bonds is 2. The van der Waals surface area contributed by atoms with E-state index < -0.39 is 11.7 Å². The van der Waals surface area contributed by atoms with Crippen LogP contribution in [0.3, 0.4) is 0 Å². The Kier molecular flexibility index (Phi) is 4.39. The molecule has 98 valence electrons. The number of halogens is 4. The van der Waals surface area contributed by atoms with Gasteiger partial charge in [0.05, 0.1) is 5.69 Å². The van der Waals surface area contributed by atoms with E-state index in [0.29, 0.717) is 10.2 Å². The topological polar surface area (TPSA) is 42.0 Å². The van der Waals surface area contributed by atoms with Crippen LogP contribution >= 0.6 is 39.1 Å². The molecule has 1 N–H and O–H groups in total. The Hall–Kier alpha value is -1.17. The van der Waals surface area contributed by atoms with Crippen LogP contribution in [0, 0.1) is 5.82 Å². The van der Waals surface area contributed by atoms with E-state index in [-0.39, 0.29) is 15.9 Å². The first-order valence-electron chi connectivity index (χ1n) is 5.05. The van der Waals surface area contributed by atoms with Gasteiger partial charge in [-0.1, -0.05) is 23.2 Å². The quantitative estimate of drug-likeness (QED) is 0.795. The number of hydrogen-bond donors (Lipinski definition) is 1. The minimum absolute atomic E-state index is 0.121. The van der Waals surface area contributed by atoms with Gasteiger partial charge in [-0.25, -0.2) is 9.37 Å². The molecule has 0 fully saturated rings. The van der Waals surface area contributed by atoms with Crippen LogP contribution in [0.5, 0.6) is 0 Å². The molecule has 0 atom stereocenters. The monoisotopic (exact) mass is 362 g/mol. The van der Waals surface area contributed by atoms with Gasteiger partial charge in [-0.15, -0.1) is 0 Å². The van der Waals surface area contributed by atoms with Crippen molar-refractivity contribution in [3.63, 3.8) is 0 Å². The fraction of sp³-hybridized carbons (Fsp3) is 0. The van der Waals surface area contributed by atoms with Crippen LogP contribution in [0.25, 0.3) is 0 Å². The lowest BCUT2D eigenvalue weighted by Gasteiger charge is -2.08. The van der Waals surface area contributed by atoms with Crippen molar-refractivity contribution >= 4 is 50.7 Å². The Balaban J connectivity index is 2.25. The molecular weight excluding hydrogens is 358 g/mol. The fourth-order valence-electron chi connectivity index (χ4n) is 1.38. The highest BCUT2D eigenvalue weighted by Crippen LogP contribution is 2.24. The van der Waals surface area contributed by atoms with Crippen molar-refractivity contribution in [2.45, 2.75) is 0 Å². The Labute approximate surface area is 126 Å². The minimum atomic E-state index is -0.418. The average molecular weight is 364 g/mol. The number of amides is 1. The summed E-state index contributed by atoms with van der Waals surface area (Å²) in [5, 5.41) is 2.85. The van der Waals surface area contributed by atoms with E-state index in [1.54, 1.807) is 0 Å². The molecule has 2 aromatic rings. The summed E-state index contributed by atoms with van der Waals surface area (Å²) in [7, 11) is 0. The van der Waals surface area contributed by atoms with Crippen molar-refractivity contribution < 1.29 is 9.18 Å². The Bertz CT molecular complexity index is 631. The van der Waals surface area contributed by atoms with Crippen LogP contribution in [0.1, 0.15) is 10.4 Å². The molecule has 0 saturated heterocycles. The number of nitrogens with one attached hydrogen (secondary N) is 1. The van der Waals surface area contributed by atoms with E-state index >= 15 is 0 Å². The minimum Gasteiger partial charge on any atom is -0.321 e. The second-order valence-electron chi connectivity index (χ2n) is 3.58. The third kappa shape index (κ3) is 3.65. The van der Waals surface area contributed by atoms with E-state index in [1.165, 1.54) is 30.3 Å². The predicted octanol–water partition coefficient (Wildman–Crippen LogP) is 4.54. The summed E-state index contributed by atoms with van der Waals surface area (Å²) in [6, 6.07) is 6.72. The second kappa shape index (κ2) is 5.86. The molecule has 0 aliphatic heterocycles. The molecule has 1 heterocycles. The molecule has 19 heavy (non-hydrogen) atoms. The molecule has 1 aromatic carbocycles. The summed E-state index contributed by atoms with van der Waals surface area (Å²) >= 11 is 14.6.